The summed E-state index contributed by atoms with van der Waals surface area (Å²) in [6.45, 7) is 3.49. The van der Waals surface area contributed by atoms with Crippen LogP contribution in [0.1, 0.15) is 32.7 Å². The van der Waals surface area contributed by atoms with Crippen LogP contribution in [0.3, 0.4) is 0 Å². The summed E-state index contributed by atoms with van der Waals surface area (Å²) < 4.78 is 10.4. The predicted molar refractivity (Wildman–Crippen MR) is 148 cm³/mol. The number of hydrogen-bond acceptors (Lipinski definition) is 8. The molecule has 1 unspecified atom stereocenters. The molecule has 2 fully saturated rings. The zero-order valence-corrected chi connectivity index (χ0v) is 22.3. The average Bonchev–Trinajstić information content (AvgIpc) is 3.29. The molecule has 2 amide bonds. The van der Waals surface area contributed by atoms with Gasteiger partial charge in [0.05, 0.1) is 36.4 Å². The predicted octanol–water partition coefficient (Wildman–Crippen LogP) is 3.18. The summed E-state index contributed by atoms with van der Waals surface area (Å²) in [5.41, 5.74) is 2.19. The Morgan fingerprint density at radius 3 is 2.23 bits per heavy atom. The Labute approximate surface area is 232 Å². The number of amides is 2. The Hall–Kier alpha value is -4.34. The first kappa shape index (κ1) is 27.2. The summed E-state index contributed by atoms with van der Waals surface area (Å²) in [7, 11) is 1.46. The standard InChI is InChI=1S/C31H31N3O6/c1-39-28-10-6-5-9-25(28)27(35)21-40-31(38)23-11-13-24(14-12-23)34-29(36)19-26(30(34)37)33-17-15-32(16-18-33)20-22-7-3-2-4-8-22/h2-14,26H,15-21H2,1H3. The van der Waals surface area contributed by atoms with Gasteiger partial charge in [-0.25, -0.2) is 9.69 Å². The number of Topliss-reactive ketones (excluding diaryl/α,β-unsaturated/α-hetero) is 1. The maximum Gasteiger partial charge on any atom is 0.338 e. The van der Waals surface area contributed by atoms with Gasteiger partial charge in [0, 0.05) is 32.7 Å². The summed E-state index contributed by atoms with van der Waals surface area (Å²) in [4.78, 5) is 56.8. The lowest BCUT2D eigenvalue weighted by atomic mass is 10.1. The largest absolute Gasteiger partial charge is 0.496 e. The van der Waals surface area contributed by atoms with Crippen molar-refractivity contribution in [3.63, 3.8) is 0 Å². The summed E-state index contributed by atoms with van der Waals surface area (Å²) in [5.74, 6) is -1.18. The molecular weight excluding hydrogens is 510 g/mol. The lowest BCUT2D eigenvalue weighted by Gasteiger charge is -2.37. The molecule has 2 aliphatic rings. The molecule has 0 saturated carbocycles. The fourth-order valence-corrected chi connectivity index (χ4v) is 5.16. The maximum atomic E-state index is 13.3. The number of hydrogen-bond donors (Lipinski definition) is 0. The van der Waals surface area contributed by atoms with Gasteiger partial charge in [0.25, 0.3) is 5.91 Å². The average molecular weight is 542 g/mol. The maximum absolute atomic E-state index is 13.3. The first-order valence-corrected chi connectivity index (χ1v) is 13.2. The third-order valence-corrected chi connectivity index (χ3v) is 7.32. The molecule has 0 aliphatic carbocycles. The van der Waals surface area contributed by atoms with Crippen LogP contribution in [0.2, 0.25) is 0 Å². The van der Waals surface area contributed by atoms with Crippen molar-refractivity contribution in [2.75, 3.05) is 44.8 Å². The van der Waals surface area contributed by atoms with Gasteiger partial charge in [-0.3, -0.25) is 24.2 Å². The van der Waals surface area contributed by atoms with Gasteiger partial charge in [-0.05, 0) is 42.0 Å². The van der Waals surface area contributed by atoms with Crippen molar-refractivity contribution >= 4 is 29.3 Å². The first-order chi connectivity index (χ1) is 19.4. The molecule has 0 spiro atoms. The normalized spacial score (nSPS) is 18.1. The zero-order chi connectivity index (χ0) is 28.1. The van der Waals surface area contributed by atoms with Crippen molar-refractivity contribution in [2.45, 2.75) is 19.0 Å². The van der Waals surface area contributed by atoms with Crippen LogP contribution in [-0.4, -0.2) is 79.3 Å². The van der Waals surface area contributed by atoms with Crippen LogP contribution >= 0.6 is 0 Å². The first-order valence-electron chi connectivity index (χ1n) is 13.2. The van der Waals surface area contributed by atoms with Crippen LogP contribution < -0.4 is 9.64 Å². The molecule has 0 bridgehead atoms. The molecule has 206 valence electrons. The van der Waals surface area contributed by atoms with Gasteiger partial charge in [0.2, 0.25) is 11.7 Å². The van der Waals surface area contributed by atoms with Crippen molar-refractivity contribution in [1.29, 1.82) is 0 Å². The van der Waals surface area contributed by atoms with Crippen molar-refractivity contribution < 1.29 is 28.7 Å². The minimum atomic E-state index is -0.680. The zero-order valence-electron chi connectivity index (χ0n) is 22.3. The third kappa shape index (κ3) is 5.95. The van der Waals surface area contributed by atoms with Gasteiger partial charge in [-0.15, -0.1) is 0 Å². The molecule has 0 radical (unpaired) electrons. The number of benzene rings is 3. The number of rotatable bonds is 9. The lowest BCUT2D eigenvalue weighted by Crippen LogP contribution is -2.52. The molecule has 1 atom stereocenters. The molecule has 0 aromatic heterocycles. The number of imide groups is 1. The smallest absolute Gasteiger partial charge is 0.338 e. The van der Waals surface area contributed by atoms with E-state index in [2.05, 4.69) is 21.9 Å². The minimum Gasteiger partial charge on any atom is -0.496 e. The Morgan fingerprint density at radius 2 is 1.52 bits per heavy atom. The van der Waals surface area contributed by atoms with Crippen LogP contribution in [0.15, 0.2) is 78.9 Å². The SMILES string of the molecule is COc1ccccc1C(=O)COC(=O)c1ccc(N2C(=O)CC(N3CCN(Cc4ccccc4)CC3)C2=O)cc1. The van der Waals surface area contributed by atoms with E-state index in [-0.39, 0.29) is 29.6 Å². The van der Waals surface area contributed by atoms with E-state index in [4.69, 9.17) is 9.47 Å². The monoisotopic (exact) mass is 541 g/mol. The summed E-state index contributed by atoms with van der Waals surface area (Å²) >= 11 is 0. The summed E-state index contributed by atoms with van der Waals surface area (Å²) in [5, 5.41) is 0. The molecule has 2 heterocycles. The number of esters is 1. The number of carbonyl (C=O) groups is 4. The van der Waals surface area contributed by atoms with E-state index in [1.807, 2.05) is 18.2 Å². The van der Waals surface area contributed by atoms with Gasteiger partial charge < -0.3 is 9.47 Å². The van der Waals surface area contributed by atoms with Crippen LogP contribution in [0.4, 0.5) is 5.69 Å². The summed E-state index contributed by atoms with van der Waals surface area (Å²) in [6, 6.07) is 22.6. The molecule has 9 nitrogen and oxygen atoms in total. The van der Waals surface area contributed by atoms with Gasteiger partial charge in [-0.2, -0.15) is 0 Å². The highest BCUT2D eigenvalue weighted by Gasteiger charge is 2.43. The number of methoxy groups -OCH3 is 1. The van der Waals surface area contributed by atoms with Crippen LogP contribution in [0, 0.1) is 0 Å². The highest BCUT2D eigenvalue weighted by atomic mass is 16.5. The lowest BCUT2D eigenvalue weighted by molar-refractivity contribution is -0.123. The summed E-state index contributed by atoms with van der Waals surface area (Å²) in [6.07, 6.45) is 0.131. The fraction of sp³-hybridized carbons (Fsp3) is 0.290. The van der Waals surface area contributed by atoms with E-state index in [0.29, 0.717) is 30.1 Å². The quantitative estimate of drug-likeness (QED) is 0.232. The van der Waals surface area contributed by atoms with E-state index in [1.165, 1.54) is 29.7 Å². The fourth-order valence-electron chi connectivity index (χ4n) is 5.16. The second-order valence-electron chi connectivity index (χ2n) is 9.83. The van der Waals surface area contributed by atoms with E-state index in [9.17, 15) is 19.2 Å². The third-order valence-electron chi connectivity index (χ3n) is 7.32. The van der Waals surface area contributed by atoms with Gasteiger partial charge in [0.1, 0.15) is 5.75 Å². The van der Waals surface area contributed by atoms with Crippen molar-refractivity contribution in [2.24, 2.45) is 0 Å². The molecule has 3 aromatic carbocycles. The van der Waals surface area contributed by atoms with Gasteiger partial charge in [0.15, 0.2) is 6.61 Å². The van der Waals surface area contributed by atoms with E-state index < -0.39 is 18.6 Å². The Balaban J connectivity index is 1.15. The van der Waals surface area contributed by atoms with Crippen molar-refractivity contribution in [3.05, 3.63) is 95.6 Å². The molecule has 2 saturated heterocycles. The number of anilines is 1. The van der Waals surface area contributed by atoms with Crippen LogP contribution in [0.25, 0.3) is 0 Å². The van der Waals surface area contributed by atoms with E-state index >= 15 is 0 Å². The molecule has 0 N–H and O–H groups in total. The van der Waals surface area contributed by atoms with Gasteiger partial charge >= 0.3 is 5.97 Å². The Kier molecular flexibility index (Phi) is 8.33. The topological polar surface area (TPSA) is 96.5 Å². The van der Waals surface area contributed by atoms with Gasteiger partial charge in [-0.1, -0.05) is 42.5 Å². The molecular formula is C31H31N3O6. The van der Waals surface area contributed by atoms with Crippen LogP contribution in [0.5, 0.6) is 5.75 Å². The number of carbonyl (C=O) groups excluding carboxylic acids is 4. The highest BCUT2D eigenvalue weighted by molar-refractivity contribution is 6.22. The van der Waals surface area contributed by atoms with Crippen molar-refractivity contribution in [1.82, 2.24) is 9.80 Å². The second kappa shape index (κ2) is 12.2. The molecule has 9 heteroatoms. The second-order valence-corrected chi connectivity index (χ2v) is 9.83. The minimum absolute atomic E-state index is 0.131. The highest BCUT2D eigenvalue weighted by Crippen LogP contribution is 2.27. The molecule has 40 heavy (non-hydrogen) atoms. The van der Waals surface area contributed by atoms with E-state index in [0.717, 1.165) is 19.6 Å². The molecule has 3 aromatic rings. The van der Waals surface area contributed by atoms with E-state index in [1.54, 1.807) is 36.4 Å². The van der Waals surface area contributed by atoms with Crippen LogP contribution in [-0.2, 0) is 20.9 Å². The number of nitrogens with zero attached hydrogens (tertiary/aromatic N) is 3. The number of piperazine rings is 1. The number of ketones is 1. The van der Waals surface area contributed by atoms with Crippen molar-refractivity contribution in [3.8, 4) is 5.75 Å². The Bertz CT molecular complexity index is 1380. The Morgan fingerprint density at radius 1 is 0.850 bits per heavy atom. The number of para-hydroxylation sites is 1. The molecule has 2 aliphatic heterocycles. The molecule has 5 rings (SSSR count). The number of ether oxygens (including phenoxy) is 2.